The van der Waals surface area contributed by atoms with Crippen LogP contribution < -0.4 is 5.73 Å². The summed E-state index contributed by atoms with van der Waals surface area (Å²) in [6.45, 7) is 0. The highest BCUT2D eigenvalue weighted by Gasteiger charge is 2.18. The highest BCUT2D eigenvalue weighted by Crippen LogP contribution is 2.24. The number of hydrogen-bond donors (Lipinski definition) is 2. The largest absolute Gasteiger partial charge is 0.383 e. The molecule has 3 aromatic heterocycles. The van der Waals surface area contributed by atoms with Gasteiger partial charge >= 0.3 is 0 Å². The number of H-pyrrole nitrogens is 1. The molecule has 0 spiro atoms. The lowest BCUT2D eigenvalue weighted by molar-refractivity contribution is 0.104. The van der Waals surface area contributed by atoms with E-state index in [1.807, 2.05) is 30.3 Å². The smallest absolute Gasteiger partial charge is 0.198 e. The minimum atomic E-state index is -0.145. The Bertz CT molecular complexity index is 1020. The lowest BCUT2D eigenvalue weighted by Crippen LogP contribution is -2.07. The summed E-state index contributed by atoms with van der Waals surface area (Å²) in [4.78, 5) is 24.3. The molecule has 0 amide bonds. The van der Waals surface area contributed by atoms with E-state index in [4.69, 9.17) is 5.73 Å². The van der Waals surface area contributed by atoms with Crippen molar-refractivity contribution in [3.8, 4) is 0 Å². The lowest BCUT2D eigenvalue weighted by atomic mass is 10.0. The predicted molar refractivity (Wildman–Crippen MR) is 85.7 cm³/mol. The standard InChI is InChI=1S/C17H12N4O/c18-16-12(8-10-4-3-7-19-17(10)21-16)15(22)13-9-20-14-6-2-1-5-11(13)14/h1-9,20H,(H2,18,19,21). The van der Waals surface area contributed by atoms with Gasteiger partial charge in [0, 0.05) is 34.2 Å². The van der Waals surface area contributed by atoms with Gasteiger partial charge in [-0.2, -0.15) is 0 Å². The van der Waals surface area contributed by atoms with Crippen LogP contribution in [0.1, 0.15) is 15.9 Å². The SMILES string of the molecule is Nc1nc2ncccc2cc1C(=O)c1c[nH]c2ccccc12. The van der Waals surface area contributed by atoms with Crippen LogP contribution in [0.5, 0.6) is 0 Å². The average molecular weight is 288 g/mol. The summed E-state index contributed by atoms with van der Waals surface area (Å²) in [5, 5.41) is 1.66. The second-order valence-electron chi connectivity index (χ2n) is 5.05. The maximum Gasteiger partial charge on any atom is 0.198 e. The fourth-order valence-electron chi connectivity index (χ4n) is 2.61. The van der Waals surface area contributed by atoms with Gasteiger partial charge in [-0.05, 0) is 24.3 Å². The number of benzene rings is 1. The number of aromatic amines is 1. The van der Waals surface area contributed by atoms with Gasteiger partial charge in [0.2, 0.25) is 0 Å². The van der Waals surface area contributed by atoms with Crippen molar-refractivity contribution in [3.63, 3.8) is 0 Å². The number of aromatic nitrogens is 3. The van der Waals surface area contributed by atoms with Crippen LogP contribution in [0.15, 0.2) is 54.9 Å². The second kappa shape index (κ2) is 4.66. The minimum Gasteiger partial charge on any atom is -0.383 e. The molecule has 4 rings (SSSR count). The number of nitrogens with two attached hydrogens (primary N) is 1. The van der Waals surface area contributed by atoms with Crippen LogP contribution in [0.4, 0.5) is 5.82 Å². The number of anilines is 1. The minimum absolute atomic E-state index is 0.145. The molecule has 106 valence electrons. The van der Waals surface area contributed by atoms with Crippen molar-refractivity contribution in [3.05, 3.63) is 66.0 Å². The van der Waals surface area contributed by atoms with Crippen LogP contribution in [0.3, 0.4) is 0 Å². The molecule has 0 saturated carbocycles. The van der Waals surface area contributed by atoms with Gasteiger partial charge in [-0.1, -0.05) is 18.2 Å². The summed E-state index contributed by atoms with van der Waals surface area (Å²) in [5.41, 5.74) is 8.39. The molecule has 0 fully saturated rings. The van der Waals surface area contributed by atoms with Crippen LogP contribution in [0.2, 0.25) is 0 Å². The number of fused-ring (bicyclic) bond motifs is 2. The van der Waals surface area contributed by atoms with E-state index in [-0.39, 0.29) is 11.6 Å². The highest BCUT2D eigenvalue weighted by molar-refractivity contribution is 6.18. The van der Waals surface area contributed by atoms with Crippen molar-refractivity contribution in [2.45, 2.75) is 0 Å². The normalized spacial score (nSPS) is 11.1. The fraction of sp³-hybridized carbons (Fsp3) is 0. The summed E-state index contributed by atoms with van der Waals surface area (Å²) >= 11 is 0. The maximum atomic E-state index is 12.8. The Hall–Kier alpha value is -3.21. The van der Waals surface area contributed by atoms with Crippen molar-refractivity contribution in [1.82, 2.24) is 15.0 Å². The monoisotopic (exact) mass is 288 g/mol. The van der Waals surface area contributed by atoms with Gasteiger partial charge in [0.15, 0.2) is 11.4 Å². The van der Waals surface area contributed by atoms with Crippen LogP contribution in [-0.4, -0.2) is 20.7 Å². The van der Waals surface area contributed by atoms with Gasteiger partial charge in [0.05, 0.1) is 5.56 Å². The topological polar surface area (TPSA) is 84.7 Å². The van der Waals surface area contributed by atoms with E-state index in [0.29, 0.717) is 16.8 Å². The van der Waals surface area contributed by atoms with Gasteiger partial charge in [-0.15, -0.1) is 0 Å². The van der Waals surface area contributed by atoms with Gasteiger partial charge < -0.3 is 10.7 Å². The van der Waals surface area contributed by atoms with E-state index in [0.717, 1.165) is 16.3 Å². The van der Waals surface area contributed by atoms with Crippen LogP contribution in [0.25, 0.3) is 21.9 Å². The molecule has 1 aromatic carbocycles. The van der Waals surface area contributed by atoms with E-state index >= 15 is 0 Å². The summed E-state index contributed by atoms with van der Waals surface area (Å²) in [7, 11) is 0. The molecule has 3 N–H and O–H groups in total. The zero-order chi connectivity index (χ0) is 15.1. The number of pyridine rings is 2. The van der Waals surface area contributed by atoms with Crippen molar-refractivity contribution < 1.29 is 4.79 Å². The Morgan fingerprint density at radius 1 is 1.09 bits per heavy atom. The zero-order valence-electron chi connectivity index (χ0n) is 11.6. The van der Waals surface area contributed by atoms with Gasteiger partial charge in [-0.25, -0.2) is 9.97 Å². The Morgan fingerprint density at radius 3 is 2.86 bits per heavy atom. The molecular formula is C17H12N4O. The molecule has 0 bridgehead atoms. The molecule has 22 heavy (non-hydrogen) atoms. The first kappa shape index (κ1) is 12.5. The highest BCUT2D eigenvalue weighted by atomic mass is 16.1. The first-order valence-electron chi connectivity index (χ1n) is 6.86. The van der Waals surface area contributed by atoms with E-state index < -0.39 is 0 Å². The van der Waals surface area contributed by atoms with E-state index in [1.165, 1.54) is 0 Å². The molecule has 0 saturated heterocycles. The third-order valence-corrected chi connectivity index (χ3v) is 3.70. The van der Waals surface area contributed by atoms with Crippen LogP contribution in [-0.2, 0) is 0 Å². The van der Waals surface area contributed by atoms with Gasteiger partial charge in [0.1, 0.15) is 5.82 Å². The second-order valence-corrected chi connectivity index (χ2v) is 5.05. The van der Waals surface area contributed by atoms with Crippen LogP contribution >= 0.6 is 0 Å². The molecule has 0 aliphatic heterocycles. The molecular weight excluding hydrogens is 276 g/mol. The number of carbonyl (C=O) groups excluding carboxylic acids is 1. The number of hydrogen-bond acceptors (Lipinski definition) is 4. The van der Waals surface area contributed by atoms with Gasteiger partial charge in [-0.3, -0.25) is 4.79 Å². The van der Waals surface area contributed by atoms with Gasteiger partial charge in [0.25, 0.3) is 0 Å². The lowest BCUT2D eigenvalue weighted by Gasteiger charge is -2.05. The molecule has 0 aliphatic rings. The number of rotatable bonds is 2. The zero-order valence-corrected chi connectivity index (χ0v) is 11.6. The average Bonchev–Trinajstić information content (AvgIpc) is 2.97. The number of carbonyl (C=O) groups is 1. The predicted octanol–water partition coefficient (Wildman–Crippen LogP) is 2.92. The van der Waals surface area contributed by atoms with Crippen molar-refractivity contribution in [2.75, 3.05) is 5.73 Å². The summed E-state index contributed by atoms with van der Waals surface area (Å²) < 4.78 is 0. The molecule has 0 radical (unpaired) electrons. The molecule has 0 unspecified atom stereocenters. The first-order valence-corrected chi connectivity index (χ1v) is 6.86. The molecule has 0 aliphatic carbocycles. The van der Waals surface area contributed by atoms with E-state index in [1.54, 1.807) is 24.5 Å². The summed E-state index contributed by atoms with van der Waals surface area (Å²) in [6, 6.07) is 13.1. The maximum absolute atomic E-state index is 12.8. The van der Waals surface area contributed by atoms with Crippen molar-refractivity contribution in [2.24, 2.45) is 0 Å². The number of nitrogens with one attached hydrogen (secondary N) is 1. The van der Waals surface area contributed by atoms with Crippen molar-refractivity contribution in [1.29, 1.82) is 0 Å². The third-order valence-electron chi connectivity index (χ3n) is 3.70. The van der Waals surface area contributed by atoms with E-state index in [2.05, 4.69) is 15.0 Å². The van der Waals surface area contributed by atoms with Crippen LogP contribution in [0, 0.1) is 0 Å². The number of ketones is 1. The quantitative estimate of drug-likeness (QED) is 0.555. The Morgan fingerprint density at radius 2 is 1.95 bits per heavy atom. The number of nitrogens with zero attached hydrogens (tertiary/aromatic N) is 2. The molecule has 5 nitrogen and oxygen atoms in total. The fourth-order valence-corrected chi connectivity index (χ4v) is 2.61. The summed E-state index contributed by atoms with van der Waals surface area (Å²) in [6.07, 6.45) is 3.36. The third kappa shape index (κ3) is 1.83. The molecule has 5 heteroatoms. The van der Waals surface area contributed by atoms with E-state index in [9.17, 15) is 4.79 Å². The Balaban J connectivity index is 1.91. The first-order chi connectivity index (χ1) is 10.7. The number of para-hydroxylation sites is 1. The van der Waals surface area contributed by atoms with Crippen molar-refractivity contribution >= 4 is 33.5 Å². The Labute approximate surface area is 125 Å². The molecule has 0 atom stereocenters. The Kier molecular flexibility index (Phi) is 2.66. The number of nitrogen functional groups attached to an aromatic ring is 1. The molecule has 3 heterocycles. The molecule has 4 aromatic rings. The summed E-state index contributed by atoms with van der Waals surface area (Å²) in [5.74, 6) is 0.0506.